The van der Waals surface area contributed by atoms with E-state index < -0.39 is 12.1 Å². The summed E-state index contributed by atoms with van der Waals surface area (Å²) >= 11 is 6.15. The number of morpholine rings is 1. The molecule has 0 amide bonds. The van der Waals surface area contributed by atoms with E-state index in [1.54, 1.807) is 0 Å². The van der Waals surface area contributed by atoms with Gasteiger partial charge in [0.2, 0.25) is 0 Å². The molecular weight excluding hydrogens is 499 g/mol. The lowest BCUT2D eigenvalue weighted by molar-refractivity contribution is -0.192. The van der Waals surface area contributed by atoms with Crippen LogP contribution in [0.1, 0.15) is 30.1 Å². The quantitative estimate of drug-likeness (QED) is 0.545. The van der Waals surface area contributed by atoms with Crippen molar-refractivity contribution in [2.45, 2.75) is 31.5 Å². The van der Waals surface area contributed by atoms with E-state index in [0.717, 1.165) is 68.9 Å². The van der Waals surface area contributed by atoms with Crippen LogP contribution in [0.3, 0.4) is 0 Å². The summed E-state index contributed by atoms with van der Waals surface area (Å²) in [6, 6.07) is 12.4. The van der Waals surface area contributed by atoms with Gasteiger partial charge in [0.15, 0.2) is 11.5 Å². The van der Waals surface area contributed by atoms with Crippen LogP contribution in [0.4, 0.5) is 18.9 Å². The molecule has 1 atom stereocenters. The van der Waals surface area contributed by atoms with Crippen LogP contribution in [0.2, 0.25) is 5.02 Å². The molecule has 2 saturated heterocycles. The predicted octanol–water partition coefficient (Wildman–Crippen LogP) is 4.23. The summed E-state index contributed by atoms with van der Waals surface area (Å²) < 4.78 is 39.1. The highest BCUT2D eigenvalue weighted by Crippen LogP contribution is 2.27. The Morgan fingerprint density at radius 3 is 2.61 bits per heavy atom. The fourth-order valence-electron chi connectivity index (χ4n) is 4.37. The number of pyridine rings is 1. The van der Waals surface area contributed by atoms with Crippen LogP contribution >= 0.6 is 11.6 Å². The van der Waals surface area contributed by atoms with Crippen molar-refractivity contribution in [3.05, 3.63) is 59.0 Å². The number of carboxylic acid groups (broad SMARTS) is 1. The van der Waals surface area contributed by atoms with Gasteiger partial charge in [-0.25, -0.2) is 14.3 Å². The van der Waals surface area contributed by atoms with Crippen LogP contribution in [-0.4, -0.2) is 76.1 Å². The number of halogens is 4. The maximum absolute atomic E-state index is 10.6. The summed E-state index contributed by atoms with van der Waals surface area (Å²) in [5.74, 6) is -1.43. The molecular formula is C24H27ClF3N5O3. The molecule has 36 heavy (non-hydrogen) atoms. The second-order valence-corrected chi connectivity index (χ2v) is 9.20. The van der Waals surface area contributed by atoms with E-state index in [2.05, 4.69) is 40.3 Å². The number of fused-ring (bicyclic) bond motifs is 1. The number of likely N-dealkylation sites (tertiary alicyclic amines) is 1. The van der Waals surface area contributed by atoms with Crippen LogP contribution in [0.25, 0.3) is 5.65 Å². The van der Waals surface area contributed by atoms with Gasteiger partial charge in [0, 0.05) is 37.1 Å². The molecule has 0 saturated carbocycles. The highest BCUT2D eigenvalue weighted by molar-refractivity contribution is 6.30. The number of ether oxygens (including phenoxy) is 1. The highest BCUT2D eigenvalue weighted by Gasteiger charge is 2.38. The SMILES string of the molecule is Clc1cccc(CN2CCCC(c3nc4ccc(N5CCOCC5)cn4n3)C2)c1.O=C(O)C(F)(F)F. The van der Waals surface area contributed by atoms with E-state index in [1.807, 2.05) is 16.6 Å². The van der Waals surface area contributed by atoms with Gasteiger partial charge < -0.3 is 14.7 Å². The molecule has 194 valence electrons. The summed E-state index contributed by atoms with van der Waals surface area (Å²) in [6.07, 6.45) is -0.678. The Kier molecular flexibility index (Phi) is 8.32. The zero-order valence-corrected chi connectivity index (χ0v) is 20.3. The van der Waals surface area contributed by atoms with E-state index in [1.165, 1.54) is 17.7 Å². The van der Waals surface area contributed by atoms with Crippen molar-refractivity contribution in [2.24, 2.45) is 0 Å². The van der Waals surface area contributed by atoms with Gasteiger partial charge in [0.25, 0.3) is 0 Å². The zero-order chi connectivity index (χ0) is 25.7. The number of aliphatic carboxylic acids is 1. The fourth-order valence-corrected chi connectivity index (χ4v) is 4.59. The van der Waals surface area contributed by atoms with Crippen molar-refractivity contribution in [1.82, 2.24) is 19.5 Å². The van der Waals surface area contributed by atoms with Gasteiger partial charge in [-0.05, 0) is 49.2 Å². The third-order valence-corrected chi connectivity index (χ3v) is 6.35. The number of nitrogens with zero attached hydrogens (tertiary/aromatic N) is 5. The standard InChI is InChI=1S/C22H26ClN5O.C2HF3O2/c23-19-5-1-3-17(13-19)14-26-8-2-4-18(15-26)22-24-21-7-6-20(16-28(21)25-22)27-9-11-29-12-10-27;3-2(4,5)1(6)7/h1,3,5-7,13,16,18H,2,4,8-12,14-15H2;(H,6,7). The van der Waals surface area contributed by atoms with Gasteiger partial charge in [0.05, 0.1) is 25.1 Å². The van der Waals surface area contributed by atoms with Crippen molar-refractivity contribution in [2.75, 3.05) is 44.3 Å². The second kappa shape index (κ2) is 11.4. The Bertz CT molecular complexity index is 1180. The van der Waals surface area contributed by atoms with Crippen molar-refractivity contribution in [3.63, 3.8) is 0 Å². The molecule has 0 radical (unpaired) electrons. The minimum atomic E-state index is -5.08. The Morgan fingerprint density at radius 2 is 1.92 bits per heavy atom. The third kappa shape index (κ3) is 6.86. The van der Waals surface area contributed by atoms with Gasteiger partial charge in [-0.1, -0.05) is 23.7 Å². The normalized spacial score (nSPS) is 19.1. The number of hydrogen-bond acceptors (Lipinski definition) is 6. The molecule has 2 aromatic heterocycles. The molecule has 2 aliphatic heterocycles. The number of anilines is 1. The summed E-state index contributed by atoms with van der Waals surface area (Å²) in [7, 11) is 0. The highest BCUT2D eigenvalue weighted by atomic mass is 35.5. The monoisotopic (exact) mass is 525 g/mol. The van der Waals surface area contributed by atoms with Crippen molar-refractivity contribution >= 4 is 28.9 Å². The first-order chi connectivity index (χ1) is 17.2. The Balaban J connectivity index is 0.000000384. The number of carbonyl (C=O) groups is 1. The molecule has 0 bridgehead atoms. The van der Waals surface area contributed by atoms with Crippen LogP contribution in [0.15, 0.2) is 42.6 Å². The first-order valence-electron chi connectivity index (χ1n) is 11.6. The largest absolute Gasteiger partial charge is 0.490 e. The Morgan fingerprint density at radius 1 is 1.17 bits per heavy atom. The number of benzene rings is 1. The Hall–Kier alpha value is -2.89. The minimum Gasteiger partial charge on any atom is -0.475 e. The average molecular weight is 526 g/mol. The molecule has 0 aliphatic carbocycles. The summed E-state index contributed by atoms with van der Waals surface area (Å²) in [5.41, 5.74) is 3.36. The number of alkyl halides is 3. The van der Waals surface area contributed by atoms with E-state index in [4.69, 9.17) is 36.3 Å². The van der Waals surface area contributed by atoms with E-state index >= 15 is 0 Å². The molecule has 1 aromatic carbocycles. The molecule has 5 rings (SSSR count). The predicted molar refractivity (Wildman–Crippen MR) is 128 cm³/mol. The van der Waals surface area contributed by atoms with Gasteiger partial charge in [-0.15, -0.1) is 0 Å². The average Bonchev–Trinajstić information content (AvgIpc) is 3.28. The topological polar surface area (TPSA) is 83.2 Å². The third-order valence-electron chi connectivity index (χ3n) is 6.12. The molecule has 3 aromatic rings. The van der Waals surface area contributed by atoms with E-state index in [9.17, 15) is 13.2 Å². The number of piperidine rings is 1. The van der Waals surface area contributed by atoms with E-state index in [0.29, 0.717) is 5.92 Å². The number of hydrogen-bond donors (Lipinski definition) is 1. The Labute approximate surface area is 211 Å². The minimum absolute atomic E-state index is 0.370. The molecule has 4 heterocycles. The number of aromatic nitrogens is 3. The van der Waals surface area contributed by atoms with Crippen LogP contribution in [-0.2, 0) is 16.1 Å². The smallest absolute Gasteiger partial charge is 0.475 e. The summed E-state index contributed by atoms with van der Waals surface area (Å²) in [5, 5.41) is 12.8. The maximum atomic E-state index is 10.6. The van der Waals surface area contributed by atoms with Gasteiger partial charge >= 0.3 is 12.1 Å². The van der Waals surface area contributed by atoms with Crippen molar-refractivity contribution < 1.29 is 27.8 Å². The number of rotatable bonds is 4. The lowest BCUT2D eigenvalue weighted by Gasteiger charge is -2.31. The van der Waals surface area contributed by atoms with Crippen LogP contribution in [0, 0.1) is 0 Å². The summed E-state index contributed by atoms with van der Waals surface area (Å²) in [4.78, 5) is 18.6. The molecule has 0 spiro atoms. The van der Waals surface area contributed by atoms with Gasteiger partial charge in [0.1, 0.15) is 0 Å². The van der Waals surface area contributed by atoms with Crippen molar-refractivity contribution in [1.29, 1.82) is 0 Å². The second-order valence-electron chi connectivity index (χ2n) is 8.77. The maximum Gasteiger partial charge on any atom is 0.490 e. The molecule has 8 nitrogen and oxygen atoms in total. The van der Waals surface area contributed by atoms with Crippen LogP contribution < -0.4 is 4.90 Å². The van der Waals surface area contributed by atoms with Crippen molar-refractivity contribution in [3.8, 4) is 0 Å². The van der Waals surface area contributed by atoms with Gasteiger partial charge in [-0.2, -0.15) is 18.3 Å². The fraction of sp³-hybridized carbons (Fsp3) is 0.458. The first kappa shape index (κ1) is 26.2. The summed E-state index contributed by atoms with van der Waals surface area (Å²) in [6.45, 7) is 6.43. The molecule has 12 heteroatoms. The molecule has 2 fully saturated rings. The van der Waals surface area contributed by atoms with E-state index in [-0.39, 0.29) is 0 Å². The first-order valence-corrected chi connectivity index (χ1v) is 12.0. The zero-order valence-electron chi connectivity index (χ0n) is 19.5. The molecule has 2 aliphatic rings. The molecule has 1 unspecified atom stereocenters. The lowest BCUT2D eigenvalue weighted by atomic mass is 9.97. The number of carboxylic acids is 1. The lowest BCUT2D eigenvalue weighted by Crippen LogP contribution is -2.36. The van der Waals surface area contributed by atoms with Gasteiger partial charge in [-0.3, -0.25) is 4.90 Å². The van der Waals surface area contributed by atoms with Crippen LogP contribution in [0.5, 0.6) is 0 Å². The molecule has 1 N–H and O–H groups in total.